The Morgan fingerprint density at radius 2 is 2.22 bits per heavy atom. The predicted molar refractivity (Wildman–Crippen MR) is 70.1 cm³/mol. The first-order valence-electron chi connectivity index (χ1n) is 7.02. The molecule has 0 saturated heterocycles. The van der Waals surface area contributed by atoms with Gasteiger partial charge >= 0.3 is 0 Å². The van der Waals surface area contributed by atoms with Crippen LogP contribution in [0.2, 0.25) is 0 Å². The zero-order valence-corrected chi connectivity index (χ0v) is 11.3. The molecule has 1 atom stereocenters. The van der Waals surface area contributed by atoms with Crippen LogP contribution in [-0.4, -0.2) is 32.2 Å². The number of alkyl halides is 2. The molecule has 18 heavy (non-hydrogen) atoms. The van der Waals surface area contributed by atoms with E-state index >= 15 is 0 Å². The zero-order chi connectivity index (χ0) is 13.2. The fourth-order valence-electron chi connectivity index (χ4n) is 2.29. The van der Waals surface area contributed by atoms with E-state index in [-0.39, 0.29) is 0 Å². The molecule has 0 fully saturated rings. The molecule has 0 aromatic rings. The van der Waals surface area contributed by atoms with E-state index in [2.05, 4.69) is 18.3 Å². The van der Waals surface area contributed by atoms with Crippen molar-refractivity contribution in [2.75, 3.05) is 19.8 Å². The van der Waals surface area contributed by atoms with Crippen LogP contribution in [0.25, 0.3) is 0 Å². The molecule has 0 bridgehead atoms. The highest BCUT2D eigenvalue weighted by atomic mass is 19.3. The number of halogens is 2. The van der Waals surface area contributed by atoms with Gasteiger partial charge in [-0.1, -0.05) is 18.6 Å². The third-order valence-corrected chi connectivity index (χ3v) is 3.21. The second kappa shape index (κ2) is 9.45. The Hall–Kier alpha value is -0.480. The van der Waals surface area contributed by atoms with Crippen LogP contribution in [0.3, 0.4) is 0 Å². The lowest BCUT2D eigenvalue weighted by Gasteiger charge is -2.24. The summed E-state index contributed by atoms with van der Waals surface area (Å²) in [6, 6.07) is 0.308. The fourth-order valence-corrected chi connectivity index (χ4v) is 2.29. The fraction of sp³-hybridized carbons (Fsp3) is 0.857. The molecular formula is C14H25F2NO. The molecule has 0 aromatic heterocycles. The van der Waals surface area contributed by atoms with Gasteiger partial charge in [-0.05, 0) is 45.1 Å². The molecule has 1 aliphatic carbocycles. The molecule has 0 heterocycles. The number of hydrogen-bond donors (Lipinski definition) is 1. The van der Waals surface area contributed by atoms with E-state index in [1.165, 1.54) is 18.4 Å². The van der Waals surface area contributed by atoms with E-state index < -0.39 is 13.0 Å². The minimum Gasteiger partial charge on any atom is -0.375 e. The summed E-state index contributed by atoms with van der Waals surface area (Å²) in [5.74, 6) is 0. The number of nitrogens with one attached hydrogen (secondary N) is 1. The first-order chi connectivity index (χ1) is 8.74. The molecule has 0 radical (unpaired) electrons. The lowest BCUT2D eigenvalue weighted by atomic mass is 9.92. The van der Waals surface area contributed by atoms with Gasteiger partial charge in [0.1, 0.15) is 6.61 Å². The lowest BCUT2D eigenvalue weighted by Crippen LogP contribution is -2.33. The molecule has 1 aliphatic rings. The largest absolute Gasteiger partial charge is 0.375 e. The SMILES string of the molecule is CCCNC(CCOCC(F)F)C1=CCCCC1. The first kappa shape index (κ1) is 15.6. The zero-order valence-electron chi connectivity index (χ0n) is 11.3. The van der Waals surface area contributed by atoms with Gasteiger partial charge in [0.15, 0.2) is 0 Å². The van der Waals surface area contributed by atoms with Gasteiger partial charge in [-0.2, -0.15) is 0 Å². The van der Waals surface area contributed by atoms with E-state index in [1.807, 2.05) is 0 Å². The van der Waals surface area contributed by atoms with Crippen LogP contribution in [0.5, 0.6) is 0 Å². The second-order valence-electron chi connectivity index (χ2n) is 4.79. The maximum atomic E-state index is 12.0. The molecule has 1 N–H and O–H groups in total. The molecule has 0 amide bonds. The van der Waals surface area contributed by atoms with E-state index in [9.17, 15) is 8.78 Å². The summed E-state index contributed by atoms with van der Waals surface area (Å²) in [4.78, 5) is 0. The summed E-state index contributed by atoms with van der Waals surface area (Å²) in [6.45, 7) is 3.06. The molecular weight excluding hydrogens is 236 g/mol. The van der Waals surface area contributed by atoms with Crippen molar-refractivity contribution in [3.05, 3.63) is 11.6 Å². The molecule has 4 heteroatoms. The maximum absolute atomic E-state index is 12.0. The third kappa shape index (κ3) is 6.45. The Balaban J connectivity index is 2.32. The molecule has 1 unspecified atom stereocenters. The Bertz CT molecular complexity index is 244. The number of ether oxygens (including phenoxy) is 1. The highest BCUT2D eigenvalue weighted by Crippen LogP contribution is 2.22. The van der Waals surface area contributed by atoms with Gasteiger partial charge in [0.05, 0.1) is 0 Å². The van der Waals surface area contributed by atoms with E-state index in [1.54, 1.807) is 0 Å². The minimum absolute atomic E-state index is 0.308. The monoisotopic (exact) mass is 261 g/mol. The van der Waals surface area contributed by atoms with Crippen LogP contribution in [-0.2, 0) is 4.74 Å². The van der Waals surface area contributed by atoms with Crippen LogP contribution >= 0.6 is 0 Å². The van der Waals surface area contributed by atoms with Crippen LogP contribution in [0.1, 0.15) is 45.4 Å². The summed E-state index contributed by atoms with van der Waals surface area (Å²) >= 11 is 0. The molecule has 106 valence electrons. The van der Waals surface area contributed by atoms with Crippen LogP contribution in [0.4, 0.5) is 8.78 Å². The highest BCUT2D eigenvalue weighted by molar-refractivity contribution is 5.13. The van der Waals surface area contributed by atoms with Gasteiger partial charge < -0.3 is 10.1 Å². The number of hydrogen-bond acceptors (Lipinski definition) is 2. The molecule has 0 spiro atoms. The van der Waals surface area contributed by atoms with Crippen molar-refractivity contribution in [1.82, 2.24) is 5.32 Å². The van der Waals surface area contributed by atoms with Crippen LogP contribution < -0.4 is 5.32 Å². The minimum atomic E-state index is -2.36. The third-order valence-electron chi connectivity index (χ3n) is 3.21. The average molecular weight is 261 g/mol. The van der Waals surface area contributed by atoms with Gasteiger partial charge in [-0.25, -0.2) is 8.78 Å². The van der Waals surface area contributed by atoms with Gasteiger partial charge in [0.2, 0.25) is 0 Å². The normalized spacial score (nSPS) is 17.9. The highest BCUT2D eigenvalue weighted by Gasteiger charge is 2.15. The molecule has 1 rings (SSSR count). The molecule has 2 nitrogen and oxygen atoms in total. The van der Waals surface area contributed by atoms with Crippen molar-refractivity contribution in [3.63, 3.8) is 0 Å². The van der Waals surface area contributed by atoms with Crippen molar-refractivity contribution >= 4 is 0 Å². The lowest BCUT2D eigenvalue weighted by molar-refractivity contribution is 0.0151. The van der Waals surface area contributed by atoms with Gasteiger partial charge in [0, 0.05) is 12.6 Å². The smallest absolute Gasteiger partial charge is 0.261 e. The quantitative estimate of drug-likeness (QED) is 0.506. The summed E-state index contributed by atoms with van der Waals surface area (Å²) < 4.78 is 28.9. The van der Waals surface area contributed by atoms with Crippen molar-refractivity contribution < 1.29 is 13.5 Å². The van der Waals surface area contributed by atoms with Crippen molar-refractivity contribution in [3.8, 4) is 0 Å². The summed E-state index contributed by atoms with van der Waals surface area (Å²) in [5, 5.41) is 3.49. The van der Waals surface area contributed by atoms with Crippen LogP contribution in [0.15, 0.2) is 11.6 Å². The number of allylic oxidation sites excluding steroid dienone is 1. The van der Waals surface area contributed by atoms with Crippen molar-refractivity contribution in [1.29, 1.82) is 0 Å². The van der Waals surface area contributed by atoms with Gasteiger partial charge in [0.25, 0.3) is 6.43 Å². The Labute approximate surface area is 109 Å². The van der Waals surface area contributed by atoms with Crippen molar-refractivity contribution in [2.24, 2.45) is 0 Å². The number of rotatable bonds is 9. The average Bonchev–Trinajstić information content (AvgIpc) is 2.38. The molecule has 0 saturated carbocycles. The summed E-state index contributed by atoms with van der Waals surface area (Å²) in [6.07, 6.45) is 6.62. The van der Waals surface area contributed by atoms with E-state index in [0.29, 0.717) is 12.6 Å². The topological polar surface area (TPSA) is 21.3 Å². The standard InChI is InChI=1S/C14H25F2NO/c1-2-9-17-13(8-10-18-11-14(15)16)12-6-4-3-5-7-12/h6,13-14,17H,2-5,7-11H2,1H3. The Morgan fingerprint density at radius 3 is 2.83 bits per heavy atom. The van der Waals surface area contributed by atoms with E-state index in [4.69, 9.17) is 4.74 Å². The maximum Gasteiger partial charge on any atom is 0.261 e. The second-order valence-corrected chi connectivity index (χ2v) is 4.79. The summed E-state index contributed by atoms with van der Waals surface area (Å²) in [7, 11) is 0. The predicted octanol–water partition coefficient (Wildman–Crippen LogP) is 3.53. The van der Waals surface area contributed by atoms with Crippen molar-refractivity contribution in [2.45, 2.75) is 57.9 Å². The Kier molecular flexibility index (Phi) is 8.18. The first-order valence-corrected chi connectivity index (χ1v) is 7.02. The summed E-state index contributed by atoms with van der Waals surface area (Å²) in [5.41, 5.74) is 1.44. The van der Waals surface area contributed by atoms with Gasteiger partial charge in [-0.15, -0.1) is 0 Å². The Morgan fingerprint density at radius 1 is 1.39 bits per heavy atom. The van der Waals surface area contributed by atoms with Crippen LogP contribution in [0, 0.1) is 0 Å². The van der Waals surface area contributed by atoms with E-state index in [0.717, 1.165) is 32.2 Å². The molecule has 0 aromatic carbocycles. The van der Waals surface area contributed by atoms with Gasteiger partial charge in [-0.3, -0.25) is 0 Å². The molecule has 0 aliphatic heterocycles.